The second-order valence-corrected chi connectivity index (χ2v) is 9.94. The Morgan fingerprint density at radius 2 is 0.868 bits per heavy atom. The third-order valence-electron chi connectivity index (χ3n) is 7.86. The molecule has 0 radical (unpaired) electrons. The van der Waals surface area contributed by atoms with Crippen molar-refractivity contribution in [3.63, 3.8) is 0 Å². The summed E-state index contributed by atoms with van der Waals surface area (Å²) in [4.78, 5) is 12.6. The first-order valence-corrected chi connectivity index (χ1v) is 12.7. The highest BCUT2D eigenvalue weighted by Gasteiger charge is 2.39. The van der Waals surface area contributed by atoms with Crippen LogP contribution in [-0.4, -0.2) is 16.2 Å². The molecule has 0 bridgehead atoms. The van der Waals surface area contributed by atoms with Crippen molar-refractivity contribution < 1.29 is 15.0 Å². The lowest BCUT2D eigenvalue weighted by atomic mass is 9.66. The van der Waals surface area contributed by atoms with Crippen LogP contribution < -0.4 is 0 Å². The Balaban J connectivity index is 1.89. The summed E-state index contributed by atoms with van der Waals surface area (Å²) in [6, 6.07) is 43.6. The zero-order chi connectivity index (χ0) is 26.8. The molecule has 0 unspecified atom stereocenters. The summed E-state index contributed by atoms with van der Waals surface area (Å²) in [5.41, 5.74) is 3.69. The van der Waals surface area contributed by atoms with Crippen molar-refractivity contribution in [2.24, 2.45) is 0 Å². The molecule has 0 aromatic heterocycles. The highest BCUT2D eigenvalue weighted by atomic mass is 16.4. The first-order chi connectivity index (χ1) is 18.4. The van der Waals surface area contributed by atoms with E-state index in [-0.39, 0.29) is 11.3 Å². The highest BCUT2D eigenvalue weighted by Crippen LogP contribution is 2.48. The van der Waals surface area contributed by atoms with Crippen LogP contribution in [0.5, 0.6) is 5.75 Å². The second-order valence-electron chi connectivity index (χ2n) is 9.94. The van der Waals surface area contributed by atoms with Gasteiger partial charge in [0.2, 0.25) is 0 Å². The third kappa shape index (κ3) is 4.16. The minimum Gasteiger partial charge on any atom is -0.507 e. The van der Waals surface area contributed by atoms with Crippen LogP contribution in [0.15, 0.2) is 133 Å². The summed E-state index contributed by atoms with van der Waals surface area (Å²) in [5.74, 6) is -1.39. The Labute approximate surface area is 223 Å². The maximum Gasteiger partial charge on any atom is 0.339 e. The van der Waals surface area contributed by atoms with Gasteiger partial charge in [-0.1, -0.05) is 121 Å². The molecule has 0 fully saturated rings. The number of benzene rings is 5. The maximum absolute atomic E-state index is 12.6. The van der Waals surface area contributed by atoms with E-state index in [9.17, 15) is 15.0 Å². The molecule has 0 aliphatic heterocycles. The molecule has 0 aliphatic rings. The number of phenols is 1. The van der Waals surface area contributed by atoms with Gasteiger partial charge in [-0.25, -0.2) is 4.79 Å². The van der Waals surface area contributed by atoms with Crippen LogP contribution in [-0.2, 0) is 10.8 Å². The van der Waals surface area contributed by atoms with E-state index >= 15 is 0 Å². The molecule has 2 N–H and O–H groups in total. The smallest absolute Gasteiger partial charge is 0.339 e. The molecule has 0 saturated carbocycles. The molecule has 0 heterocycles. The van der Waals surface area contributed by atoms with Crippen LogP contribution in [0.2, 0.25) is 0 Å². The maximum atomic E-state index is 12.6. The molecule has 5 aromatic rings. The lowest BCUT2D eigenvalue weighted by Gasteiger charge is -2.36. The summed E-state index contributed by atoms with van der Waals surface area (Å²) in [6.45, 7) is 4.16. The van der Waals surface area contributed by atoms with E-state index in [1.54, 1.807) is 6.07 Å². The van der Waals surface area contributed by atoms with Gasteiger partial charge in [-0.05, 0) is 53.8 Å². The van der Waals surface area contributed by atoms with Gasteiger partial charge in [-0.2, -0.15) is 0 Å². The average molecular weight is 499 g/mol. The van der Waals surface area contributed by atoms with Crippen molar-refractivity contribution in [3.8, 4) is 5.75 Å². The molecular weight excluding hydrogens is 468 g/mol. The van der Waals surface area contributed by atoms with E-state index in [1.165, 1.54) is 0 Å². The van der Waals surface area contributed by atoms with E-state index in [0.29, 0.717) is 5.56 Å². The van der Waals surface area contributed by atoms with Gasteiger partial charge in [-0.15, -0.1) is 0 Å². The molecule has 0 aliphatic carbocycles. The molecule has 38 heavy (non-hydrogen) atoms. The zero-order valence-corrected chi connectivity index (χ0v) is 21.5. The highest BCUT2D eigenvalue weighted by molar-refractivity contribution is 5.92. The van der Waals surface area contributed by atoms with Crippen molar-refractivity contribution in [1.29, 1.82) is 0 Å². The SMILES string of the molecule is CC(c1ccccc1)(c1ccccc1)c1cc(C(=O)O)c(O)c(C(C)(c2ccccc2)c2ccccc2)c1. The van der Waals surface area contributed by atoms with E-state index in [1.807, 2.05) is 110 Å². The monoisotopic (exact) mass is 498 g/mol. The van der Waals surface area contributed by atoms with Crippen LogP contribution >= 0.6 is 0 Å². The van der Waals surface area contributed by atoms with Crippen molar-refractivity contribution in [1.82, 2.24) is 0 Å². The summed E-state index contributed by atoms with van der Waals surface area (Å²) in [6.07, 6.45) is 0. The van der Waals surface area contributed by atoms with Gasteiger partial charge in [0.05, 0.1) is 0 Å². The van der Waals surface area contributed by atoms with E-state index in [0.717, 1.165) is 27.8 Å². The summed E-state index contributed by atoms with van der Waals surface area (Å²) < 4.78 is 0. The number of carbonyl (C=O) groups is 1. The van der Waals surface area contributed by atoms with Crippen molar-refractivity contribution in [2.75, 3.05) is 0 Å². The molecule has 3 nitrogen and oxygen atoms in total. The zero-order valence-electron chi connectivity index (χ0n) is 21.5. The van der Waals surface area contributed by atoms with Crippen molar-refractivity contribution in [3.05, 3.63) is 172 Å². The fraction of sp³-hybridized carbons (Fsp3) is 0.114. The molecule has 0 spiro atoms. The number of aromatic hydroxyl groups is 1. The predicted molar refractivity (Wildman–Crippen MR) is 152 cm³/mol. The molecule has 5 rings (SSSR count). The predicted octanol–water partition coefficient (Wildman–Crippen LogP) is 7.80. The largest absolute Gasteiger partial charge is 0.507 e. The Morgan fingerprint density at radius 3 is 1.21 bits per heavy atom. The Bertz CT molecular complexity index is 1460. The topological polar surface area (TPSA) is 57.5 Å². The molecule has 0 amide bonds. The Kier molecular flexibility index (Phi) is 6.61. The van der Waals surface area contributed by atoms with E-state index in [2.05, 4.69) is 31.2 Å². The summed E-state index contributed by atoms with van der Waals surface area (Å²) in [7, 11) is 0. The Morgan fingerprint density at radius 1 is 0.526 bits per heavy atom. The summed E-state index contributed by atoms with van der Waals surface area (Å²) in [5, 5.41) is 21.8. The van der Waals surface area contributed by atoms with Crippen LogP contribution in [0.3, 0.4) is 0 Å². The van der Waals surface area contributed by atoms with Gasteiger partial charge in [0.1, 0.15) is 11.3 Å². The number of aromatic carboxylic acids is 1. The lowest BCUT2D eigenvalue weighted by Crippen LogP contribution is -2.30. The van der Waals surface area contributed by atoms with Crippen molar-refractivity contribution in [2.45, 2.75) is 24.7 Å². The molecule has 0 atom stereocenters. The van der Waals surface area contributed by atoms with Gasteiger partial charge < -0.3 is 10.2 Å². The normalized spacial score (nSPS) is 11.7. The van der Waals surface area contributed by atoms with E-state index < -0.39 is 16.8 Å². The van der Waals surface area contributed by atoms with Gasteiger partial charge in [0, 0.05) is 16.4 Å². The third-order valence-corrected chi connectivity index (χ3v) is 7.86. The number of carboxylic acids is 1. The number of hydrogen-bond acceptors (Lipinski definition) is 2. The van der Waals surface area contributed by atoms with Gasteiger partial charge in [0.25, 0.3) is 0 Å². The lowest BCUT2D eigenvalue weighted by molar-refractivity contribution is 0.0693. The standard InChI is InChI=1S/C35H30O3/c1-34(25-15-7-3-8-16-25,26-17-9-4-10-18-26)29-23-30(33(37)38)32(36)31(24-29)35(2,27-19-11-5-12-20-27)28-21-13-6-14-22-28/h3-24,36H,1-2H3,(H,37,38). The minimum atomic E-state index is -1.17. The molecule has 5 aromatic carbocycles. The van der Waals surface area contributed by atoms with Gasteiger partial charge >= 0.3 is 5.97 Å². The first kappa shape index (κ1) is 25.0. The van der Waals surface area contributed by atoms with Crippen molar-refractivity contribution >= 4 is 5.97 Å². The fourth-order valence-electron chi connectivity index (χ4n) is 5.53. The quantitative estimate of drug-likeness (QED) is 0.225. The van der Waals surface area contributed by atoms with Crippen LogP contribution in [0, 0.1) is 0 Å². The van der Waals surface area contributed by atoms with Gasteiger partial charge in [-0.3, -0.25) is 0 Å². The number of rotatable bonds is 7. The Hall–Kier alpha value is -4.63. The first-order valence-electron chi connectivity index (χ1n) is 12.7. The van der Waals surface area contributed by atoms with Crippen LogP contribution in [0.25, 0.3) is 0 Å². The summed E-state index contributed by atoms with van der Waals surface area (Å²) >= 11 is 0. The molecule has 188 valence electrons. The fourth-order valence-corrected chi connectivity index (χ4v) is 5.53. The molecule has 3 heteroatoms. The number of hydrogen-bond donors (Lipinski definition) is 2. The van der Waals surface area contributed by atoms with Crippen LogP contribution in [0.4, 0.5) is 0 Å². The van der Waals surface area contributed by atoms with Crippen LogP contribution in [0.1, 0.15) is 57.6 Å². The average Bonchev–Trinajstić information content (AvgIpc) is 2.98. The van der Waals surface area contributed by atoms with E-state index in [4.69, 9.17) is 0 Å². The minimum absolute atomic E-state index is 0.117. The van der Waals surface area contributed by atoms with Gasteiger partial charge in [0.15, 0.2) is 0 Å². The second kappa shape index (κ2) is 10.0. The number of carboxylic acid groups (broad SMARTS) is 1. The molecular formula is C35H30O3. The molecule has 0 saturated heterocycles.